The van der Waals surface area contributed by atoms with Crippen LogP contribution in [0.15, 0.2) is 41.3 Å². The average molecular weight is 549 g/mol. The summed E-state index contributed by atoms with van der Waals surface area (Å²) in [4.78, 5) is 29.7. The van der Waals surface area contributed by atoms with E-state index in [0.29, 0.717) is 35.2 Å². The fourth-order valence-corrected chi connectivity index (χ4v) is 6.53. The van der Waals surface area contributed by atoms with Gasteiger partial charge in [0.1, 0.15) is 22.8 Å². The Morgan fingerprint density at radius 3 is 2.51 bits per heavy atom. The predicted octanol–water partition coefficient (Wildman–Crippen LogP) is 7.56. The number of amides is 1. The van der Waals surface area contributed by atoms with Crippen molar-refractivity contribution >= 4 is 23.3 Å². The van der Waals surface area contributed by atoms with E-state index in [4.69, 9.17) is 30.7 Å². The highest BCUT2D eigenvalue weighted by atomic mass is 35.5. The molecule has 0 spiro atoms. The van der Waals surface area contributed by atoms with E-state index in [9.17, 15) is 4.79 Å². The minimum Gasteiger partial charge on any atom is -0.480 e. The molecule has 0 aliphatic heterocycles. The van der Waals surface area contributed by atoms with E-state index in [1.165, 1.54) is 12.0 Å². The van der Waals surface area contributed by atoms with Crippen LogP contribution in [0, 0.1) is 11.8 Å². The molecule has 0 bridgehead atoms. The molecule has 206 valence electrons. The maximum absolute atomic E-state index is 13.9. The Labute approximate surface area is 235 Å². The van der Waals surface area contributed by atoms with E-state index in [0.717, 1.165) is 87.2 Å². The van der Waals surface area contributed by atoms with E-state index in [2.05, 4.69) is 4.98 Å². The van der Waals surface area contributed by atoms with Crippen molar-refractivity contribution in [1.29, 1.82) is 0 Å². The van der Waals surface area contributed by atoms with Crippen LogP contribution in [-0.4, -0.2) is 34.5 Å². The third kappa shape index (κ3) is 5.98. The maximum atomic E-state index is 13.9. The van der Waals surface area contributed by atoms with Crippen LogP contribution in [0.1, 0.15) is 93.9 Å². The second-order valence-electron chi connectivity index (χ2n) is 11.5. The first-order valence-corrected chi connectivity index (χ1v) is 14.9. The quantitative estimate of drug-likeness (QED) is 0.289. The smallest absolute Gasteiger partial charge is 0.232 e. The fourth-order valence-electron chi connectivity index (χ4n) is 6.28. The van der Waals surface area contributed by atoms with Gasteiger partial charge in [0.15, 0.2) is 5.89 Å². The molecule has 3 aromatic rings. The van der Waals surface area contributed by atoms with Gasteiger partial charge in [-0.3, -0.25) is 9.69 Å². The number of halogens is 1. The minimum absolute atomic E-state index is 0.0848. The van der Waals surface area contributed by atoms with Gasteiger partial charge >= 0.3 is 0 Å². The van der Waals surface area contributed by atoms with E-state index in [1.807, 2.05) is 29.3 Å². The fraction of sp³-hybridized carbons (Fsp3) is 0.548. The summed E-state index contributed by atoms with van der Waals surface area (Å²) >= 11 is 6.35. The molecule has 0 saturated heterocycles. The molecule has 8 heteroatoms. The summed E-state index contributed by atoms with van der Waals surface area (Å²) in [5, 5.41) is 0.559. The van der Waals surface area contributed by atoms with Crippen LogP contribution in [0.5, 0.6) is 5.88 Å². The third-order valence-electron chi connectivity index (χ3n) is 8.77. The Bertz CT molecular complexity index is 1290. The molecule has 3 aromatic heterocycles. The van der Waals surface area contributed by atoms with Crippen molar-refractivity contribution in [2.75, 3.05) is 18.6 Å². The van der Waals surface area contributed by atoms with Gasteiger partial charge in [-0.15, -0.1) is 0 Å². The van der Waals surface area contributed by atoms with Crippen molar-refractivity contribution in [2.45, 2.75) is 82.5 Å². The first kappa shape index (κ1) is 26.3. The second-order valence-corrected chi connectivity index (χ2v) is 11.9. The average Bonchev–Trinajstić information content (AvgIpc) is 3.72. The van der Waals surface area contributed by atoms with Crippen LogP contribution >= 0.6 is 11.6 Å². The topological polar surface area (TPSA) is 81.4 Å². The molecular formula is C31H37ClN4O3. The number of hydrogen-bond acceptors (Lipinski definition) is 6. The molecule has 39 heavy (non-hydrogen) atoms. The minimum atomic E-state index is 0.0848. The summed E-state index contributed by atoms with van der Waals surface area (Å²) < 4.78 is 11.0. The summed E-state index contributed by atoms with van der Waals surface area (Å²) in [6.45, 7) is 0.701. The molecule has 1 amide bonds. The molecule has 0 aromatic carbocycles. The Balaban J connectivity index is 1.19. The van der Waals surface area contributed by atoms with Crippen LogP contribution in [0.3, 0.4) is 0 Å². The lowest BCUT2D eigenvalue weighted by Crippen LogP contribution is -2.41. The summed E-state index contributed by atoms with van der Waals surface area (Å²) in [6.07, 6.45) is 17.4. The van der Waals surface area contributed by atoms with Crippen LogP contribution < -0.4 is 9.64 Å². The number of hydrogen-bond donors (Lipinski definition) is 0. The van der Waals surface area contributed by atoms with Crippen molar-refractivity contribution in [2.24, 2.45) is 11.8 Å². The van der Waals surface area contributed by atoms with Crippen molar-refractivity contribution in [3.8, 4) is 17.1 Å². The van der Waals surface area contributed by atoms with E-state index >= 15 is 0 Å². The number of carbonyl (C=O) groups is 1. The van der Waals surface area contributed by atoms with Gasteiger partial charge < -0.3 is 9.15 Å². The van der Waals surface area contributed by atoms with Gasteiger partial charge in [0.2, 0.25) is 11.8 Å². The molecule has 3 fully saturated rings. The Kier molecular flexibility index (Phi) is 7.87. The maximum Gasteiger partial charge on any atom is 0.232 e. The third-order valence-corrected chi connectivity index (χ3v) is 9.04. The number of oxazole rings is 1. The lowest BCUT2D eigenvalue weighted by Gasteiger charge is -2.35. The number of nitrogens with zero attached hydrogens (tertiary/aromatic N) is 4. The normalized spacial score (nSPS) is 22.0. The Morgan fingerprint density at radius 2 is 1.79 bits per heavy atom. The van der Waals surface area contributed by atoms with Crippen molar-refractivity contribution in [1.82, 2.24) is 15.0 Å². The van der Waals surface area contributed by atoms with Gasteiger partial charge in [-0.2, -0.15) is 0 Å². The predicted molar refractivity (Wildman–Crippen MR) is 151 cm³/mol. The first-order chi connectivity index (χ1) is 19.1. The van der Waals surface area contributed by atoms with Gasteiger partial charge in [0.05, 0.1) is 7.11 Å². The molecule has 0 N–H and O–H groups in total. The summed E-state index contributed by atoms with van der Waals surface area (Å²) in [7, 11) is 1.58. The number of rotatable bonds is 8. The molecular weight excluding hydrogens is 512 g/mol. The zero-order valence-electron chi connectivity index (χ0n) is 22.7. The lowest BCUT2D eigenvalue weighted by molar-refractivity contribution is -0.123. The standard InChI is InChI=1S/C31H37ClN4O3/c1-38-30-26(32)15-25(17-34-30)21-9-7-20(8-10-21)18-36(31(37)23-5-3-2-4-6-23)28-16-24(13-14-33-28)27-19-39-29(35-27)22-11-12-22/h13-17,19-23H,2-12,18H2,1H3. The Hall–Kier alpha value is -2.93. The van der Waals surface area contributed by atoms with Crippen molar-refractivity contribution in [3.05, 3.63) is 53.3 Å². The molecule has 0 unspecified atom stereocenters. The SMILES string of the molecule is COc1ncc(C2CCC(CN(C(=O)C3CCCCC3)c3cc(-c4coc(C5CC5)n4)ccn3)CC2)cc1Cl. The highest BCUT2D eigenvalue weighted by Crippen LogP contribution is 2.41. The molecule has 3 heterocycles. The van der Waals surface area contributed by atoms with Crippen molar-refractivity contribution in [3.63, 3.8) is 0 Å². The molecule has 7 nitrogen and oxygen atoms in total. The largest absolute Gasteiger partial charge is 0.480 e. The van der Waals surface area contributed by atoms with Gasteiger partial charge in [0, 0.05) is 36.3 Å². The highest BCUT2D eigenvalue weighted by Gasteiger charge is 2.32. The number of carbonyl (C=O) groups excluding carboxylic acids is 1. The molecule has 0 radical (unpaired) electrons. The molecule has 0 atom stereocenters. The van der Waals surface area contributed by atoms with Gasteiger partial charge in [-0.1, -0.05) is 30.9 Å². The van der Waals surface area contributed by atoms with Gasteiger partial charge in [0.25, 0.3) is 0 Å². The zero-order valence-corrected chi connectivity index (χ0v) is 23.4. The Morgan fingerprint density at radius 1 is 1.03 bits per heavy atom. The van der Waals surface area contributed by atoms with E-state index in [1.54, 1.807) is 19.6 Å². The molecule has 3 aliphatic rings. The highest BCUT2D eigenvalue weighted by molar-refractivity contribution is 6.31. The summed E-state index contributed by atoms with van der Waals surface area (Å²) in [5.41, 5.74) is 2.93. The van der Waals surface area contributed by atoms with Crippen LogP contribution in [0.2, 0.25) is 5.02 Å². The van der Waals surface area contributed by atoms with Crippen LogP contribution in [0.25, 0.3) is 11.3 Å². The summed E-state index contributed by atoms with van der Waals surface area (Å²) in [6, 6.07) is 5.97. The number of aromatic nitrogens is 3. The second kappa shape index (κ2) is 11.7. The van der Waals surface area contributed by atoms with Crippen molar-refractivity contribution < 1.29 is 13.9 Å². The number of pyridine rings is 2. The zero-order chi connectivity index (χ0) is 26.8. The molecule has 3 aliphatic carbocycles. The number of methoxy groups -OCH3 is 1. The van der Waals surface area contributed by atoms with E-state index in [-0.39, 0.29) is 11.8 Å². The number of anilines is 1. The molecule has 6 rings (SSSR count). The summed E-state index contributed by atoms with van der Waals surface area (Å²) in [5.74, 6) is 3.65. The molecule has 3 saturated carbocycles. The van der Waals surface area contributed by atoms with E-state index < -0.39 is 0 Å². The lowest BCUT2D eigenvalue weighted by atomic mass is 9.78. The number of ether oxygens (including phenoxy) is 1. The monoisotopic (exact) mass is 548 g/mol. The first-order valence-electron chi connectivity index (χ1n) is 14.5. The van der Waals surface area contributed by atoms with Crippen LogP contribution in [0.4, 0.5) is 5.82 Å². The van der Waals surface area contributed by atoms with Gasteiger partial charge in [-0.05, 0) is 87.0 Å². The van der Waals surface area contributed by atoms with Crippen LogP contribution in [-0.2, 0) is 4.79 Å². The van der Waals surface area contributed by atoms with Gasteiger partial charge in [-0.25, -0.2) is 15.0 Å².